The van der Waals surface area contributed by atoms with Crippen LogP contribution < -0.4 is 5.32 Å². The molecule has 0 saturated heterocycles. The minimum atomic E-state index is 0.452. The van der Waals surface area contributed by atoms with Crippen molar-refractivity contribution >= 4 is 0 Å². The third kappa shape index (κ3) is 12.2. The number of rotatable bonds is 12. The monoisotopic (exact) mass is 243 g/mol. The molecule has 0 aliphatic carbocycles. The molecule has 0 fully saturated rings. The third-order valence-corrected chi connectivity index (χ3v) is 3.39. The van der Waals surface area contributed by atoms with E-state index in [4.69, 9.17) is 4.74 Å². The van der Waals surface area contributed by atoms with Gasteiger partial charge in [0.15, 0.2) is 0 Å². The SMILES string of the molecule is CCCCCCC(C)OCCCCC(C)NC. The normalized spacial score (nSPS) is 14.8. The molecule has 0 radical (unpaired) electrons. The highest BCUT2D eigenvalue weighted by Crippen LogP contribution is 2.09. The molecule has 0 spiro atoms. The van der Waals surface area contributed by atoms with E-state index in [9.17, 15) is 0 Å². The first kappa shape index (κ1) is 16.9. The maximum atomic E-state index is 5.82. The van der Waals surface area contributed by atoms with Crippen molar-refractivity contribution in [2.24, 2.45) is 0 Å². The Balaban J connectivity index is 3.18. The number of nitrogens with one attached hydrogen (secondary N) is 1. The molecule has 0 amide bonds. The number of hydrogen-bond donors (Lipinski definition) is 1. The van der Waals surface area contributed by atoms with Crippen LogP contribution in [0, 0.1) is 0 Å². The Morgan fingerprint density at radius 2 is 1.65 bits per heavy atom. The summed E-state index contributed by atoms with van der Waals surface area (Å²) in [6, 6.07) is 0.640. The summed E-state index contributed by atoms with van der Waals surface area (Å²) >= 11 is 0. The molecule has 2 unspecified atom stereocenters. The molecule has 0 rings (SSSR count). The summed E-state index contributed by atoms with van der Waals surface area (Å²) in [5.74, 6) is 0. The first-order chi connectivity index (χ1) is 8.20. The molecule has 2 atom stereocenters. The summed E-state index contributed by atoms with van der Waals surface area (Å²) < 4.78 is 5.82. The van der Waals surface area contributed by atoms with Crippen molar-refractivity contribution in [2.45, 2.75) is 84.3 Å². The van der Waals surface area contributed by atoms with Crippen LogP contribution in [0.4, 0.5) is 0 Å². The van der Waals surface area contributed by atoms with Gasteiger partial charge in [-0.25, -0.2) is 0 Å². The zero-order valence-corrected chi connectivity index (χ0v) is 12.4. The topological polar surface area (TPSA) is 21.3 Å². The fourth-order valence-corrected chi connectivity index (χ4v) is 1.92. The molecule has 0 aromatic rings. The van der Waals surface area contributed by atoms with Crippen molar-refractivity contribution in [3.63, 3.8) is 0 Å². The molecule has 1 N–H and O–H groups in total. The lowest BCUT2D eigenvalue weighted by molar-refractivity contribution is 0.0555. The highest BCUT2D eigenvalue weighted by Gasteiger charge is 2.02. The van der Waals surface area contributed by atoms with Gasteiger partial charge in [0.1, 0.15) is 0 Å². The third-order valence-electron chi connectivity index (χ3n) is 3.39. The van der Waals surface area contributed by atoms with Crippen molar-refractivity contribution in [3.05, 3.63) is 0 Å². The van der Waals surface area contributed by atoms with Crippen LogP contribution in [0.15, 0.2) is 0 Å². The number of ether oxygens (including phenoxy) is 1. The molecule has 17 heavy (non-hydrogen) atoms. The standard InChI is InChI=1S/C15H33NO/c1-5-6-7-8-12-15(3)17-13-10-9-11-14(2)16-4/h14-16H,5-13H2,1-4H3. The Morgan fingerprint density at radius 1 is 0.941 bits per heavy atom. The Morgan fingerprint density at radius 3 is 2.29 bits per heavy atom. The van der Waals surface area contributed by atoms with E-state index in [1.54, 1.807) is 0 Å². The summed E-state index contributed by atoms with van der Waals surface area (Å²) in [5.41, 5.74) is 0. The van der Waals surface area contributed by atoms with Gasteiger partial charge in [0, 0.05) is 12.6 Å². The van der Waals surface area contributed by atoms with Crippen LogP contribution in [0.2, 0.25) is 0 Å². The van der Waals surface area contributed by atoms with E-state index in [0.29, 0.717) is 12.1 Å². The Labute approximate surface area is 109 Å². The number of unbranched alkanes of at least 4 members (excludes halogenated alkanes) is 4. The van der Waals surface area contributed by atoms with Gasteiger partial charge >= 0.3 is 0 Å². The zero-order chi connectivity index (χ0) is 12.9. The van der Waals surface area contributed by atoms with Gasteiger partial charge in [-0.3, -0.25) is 0 Å². The zero-order valence-electron chi connectivity index (χ0n) is 12.4. The van der Waals surface area contributed by atoms with E-state index >= 15 is 0 Å². The van der Waals surface area contributed by atoms with Gasteiger partial charge in [-0.05, 0) is 46.6 Å². The van der Waals surface area contributed by atoms with Gasteiger partial charge in [-0.2, -0.15) is 0 Å². The highest BCUT2D eigenvalue weighted by atomic mass is 16.5. The second kappa shape index (κ2) is 12.4. The average molecular weight is 243 g/mol. The molecule has 0 bridgehead atoms. The van der Waals surface area contributed by atoms with Gasteiger partial charge in [-0.15, -0.1) is 0 Å². The number of hydrogen-bond acceptors (Lipinski definition) is 2. The summed E-state index contributed by atoms with van der Waals surface area (Å²) in [5, 5.41) is 3.26. The van der Waals surface area contributed by atoms with E-state index in [1.165, 1.54) is 51.4 Å². The molecule has 0 aromatic carbocycles. The molecule has 104 valence electrons. The van der Waals surface area contributed by atoms with Gasteiger partial charge in [0.05, 0.1) is 6.10 Å². The molecule has 0 aromatic heterocycles. The van der Waals surface area contributed by atoms with Crippen molar-refractivity contribution in [1.29, 1.82) is 0 Å². The van der Waals surface area contributed by atoms with Crippen LogP contribution in [0.5, 0.6) is 0 Å². The predicted octanol–water partition coefficient (Wildman–Crippen LogP) is 4.14. The molecule has 0 saturated carbocycles. The average Bonchev–Trinajstić information content (AvgIpc) is 2.34. The maximum absolute atomic E-state index is 5.82. The molecule has 0 heterocycles. The molecule has 0 aliphatic rings. The summed E-state index contributed by atoms with van der Waals surface area (Å²) in [7, 11) is 2.03. The van der Waals surface area contributed by atoms with Crippen LogP contribution in [-0.4, -0.2) is 25.8 Å². The minimum absolute atomic E-state index is 0.452. The van der Waals surface area contributed by atoms with Crippen molar-refractivity contribution in [3.8, 4) is 0 Å². The molecular weight excluding hydrogens is 210 g/mol. The fourth-order valence-electron chi connectivity index (χ4n) is 1.92. The smallest absolute Gasteiger partial charge is 0.0547 e. The lowest BCUT2D eigenvalue weighted by Crippen LogP contribution is -2.20. The maximum Gasteiger partial charge on any atom is 0.0547 e. The second-order valence-corrected chi connectivity index (χ2v) is 5.22. The molecule has 2 nitrogen and oxygen atoms in total. The largest absolute Gasteiger partial charge is 0.379 e. The molecular formula is C15H33NO. The van der Waals surface area contributed by atoms with Gasteiger partial charge < -0.3 is 10.1 Å². The van der Waals surface area contributed by atoms with Gasteiger partial charge in [0.2, 0.25) is 0 Å². The lowest BCUT2D eigenvalue weighted by atomic mass is 10.1. The van der Waals surface area contributed by atoms with Crippen LogP contribution in [0.3, 0.4) is 0 Å². The summed E-state index contributed by atoms with van der Waals surface area (Å²) in [6.07, 6.45) is 10.8. The first-order valence-corrected chi connectivity index (χ1v) is 7.49. The van der Waals surface area contributed by atoms with E-state index in [2.05, 4.69) is 26.1 Å². The summed E-state index contributed by atoms with van der Waals surface area (Å²) in [4.78, 5) is 0. The Kier molecular flexibility index (Phi) is 12.3. The summed E-state index contributed by atoms with van der Waals surface area (Å²) in [6.45, 7) is 7.64. The van der Waals surface area contributed by atoms with Crippen molar-refractivity contribution in [1.82, 2.24) is 5.32 Å². The van der Waals surface area contributed by atoms with E-state index in [-0.39, 0.29) is 0 Å². The second-order valence-electron chi connectivity index (χ2n) is 5.22. The minimum Gasteiger partial charge on any atom is -0.379 e. The van der Waals surface area contributed by atoms with Crippen LogP contribution in [0.1, 0.15) is 72.1 Å². The first-order valence-electron chi connectivity index (χ1n) is 7.49. The predicted molar refractivity (Wildman–Crippen MR) is 76.5 cm³/mol. The fraction of sp³-hybridized carbons (Fsp3) is 1.00. The van der Waals surface area contributed by atoms with Crippen molar-refractivity contribution < 1.29 is 4.74 Å². The Hall–Kier alpha value is -0.0800. The lowest BCUT2D eigenvalue weighted by Gasteiger charge is -2.13. The van der Waals surface area contributed by atoms with E-state index in [0.717, 1.165) is 6.61 Å². The Bertz CT molecular complexity index is 150. The van der Waals surface area contributed by atoms with Gasteiger partial charge in [0.25, 0.3) is 0 Å². The molecule has 0 aliphatic heterocycles. The molecule has 2 heteroatoms. The van der Waals surface area contributed by atoms with Crippen LogP contribution >= 0.6 is 0 Å². The quantitative estimate of drug-likeness (QED) is 0.520. The highest BCUT2D eigenvalue weighted by molar-refractivity contribution is 4.57. The van der Waals surface area contributed by atoms with Crippen LogP contribution in [0.25, 0.3) is 0 Å². The van der Waals surface area contributed by atoms with Crippen LogP contribution in [-0.2, 0) is 4.74 Å². The van der Waals surface area contributed by atoms with E-state index in [1.807, 2.05) is 7.05 Å². The van der Waals surface area contributed by atoms with Gasteiger partial charge in [-0.1, -0.05) is 32.6 Å². The van der Waals surface area contributed by atoms with E-state index < -0.39 is 0 Å². The van der Waals surface area contributed by atoms with Crippen molar-refractivity contribution in [2.75, 3.05) is 13.7 Å².